The van der Waals surface area contributed by atoms with Crippen LogP contribution in [0.2, 0.25) is 5.28 Å². The van der Waals surface area contributed by atoms with Crippen LogP contribution in [-0.4, -0.2) is 38.3 Å². The molecule has 6 nitrogen and oxygen atoms in total. The van der Waals surface area contributed by atoms with Crippen molar-refractivity contribution in [2.75, 3.05) is 11.6 Å². The summed E-state index contributed by atoms with van der Waals surface area (Å²) in [5.74, 6) is 0.460. The van der Waals surface area contributed by atoms with Crippen molar-refractivity contribution in [3.8, 4) is 0 Å². The molecule has 1 aromatic rings. The van der Waals surface area contributed by atoms with E-state index in [4.69, 9.17) is 11.6 Å². The maximum atomic E-state index is 11.7. The Hall–Kier alpha value is -1.56. The fourth-order valence-electron chi connectivity index (χ4n) is 1.93. The van der Waals surface area contributed by atoms with E-state index < -0.39 is 11.6 Å². The molecule has 1 N–H and O–H groups in total. The number of aromatic nitrogens is 2. The van der Waals surface area contributed by atoms with Crippen molar-refractivity contribution >= 4 is 23.5 Å². The zero-order chi connectivity index (χ0) is 16.4. The molecule has 0 saturated heterocycles. The number of carbonyl (C=O) groups is 1. The lowest BCUT2D eigenvalue weighted by atomic mass is 9.96. The van der Waals surface area contributed by atoms with Gasteiger partial charge in [0.05, 0.1) is 5.54 Å². The second kappa shape index (κ2) is 6.05. The van der Waals surface area contributed by atoms with Gasteiger partial charge >= 0.3 is 6.09 Å². The number of amides is 1. The number of hydrogen-bond donors (Lipinski definition) is 1. The number of hydrogen-bond acceptors (Lipinski definition) is 4. The molecule has 1 heterocycles. The van der Waals surface area contributed by atoms with Gasteiger partial charge in [-0.15, -0.1) is 0 Å². The molecule has 0 aliphatic rings. The van der Waals surface area contributed by atoms with Gasteiger partial charge in [-0.25, -0.2) is 14.8 Å². The summed E-state index contributed by atoms with van der Waals surface area (Å²) in [6.07, 6.45) is 0.477. The minimum absolute atomic E-state index is 0.0886. The highest BCUT2D eigenvalue weighted by atomic mass is 35.5. The Morgan fingerprint density at radius 3 is 2.24 bits per heavy atom. The van der Waals surface area contributed by atoms with Crippen LogP contribution in [0.15, 0.2) is 12.3 Å². The van der Waals surface area contributed by atoms with E-state index >= 15 is 0 Å². The first-order chi connectivity index (χ1) is 9.42. The highest BCUT2D eigenvalue weighted by molar-refractivity contribution is 6.28. The van der Waals surface area contributed by atoms with Crippen LogP contribution in [0.1, 0.15) is 41.5 Å². The zero-order valence-electron chi connectivity index (χ0n) is 13.4. The van der Waals surface area contributed by atoms with E-state index in [0.29, 0.717) is 12.4 Å². The van der Waals surface area contributed by atoms with Gasteiger partial charge in [0, 0.05) is 18.8 Å². The highest BCUT2D eigenvalue weighted by Gasteiger charge is 2.35. The fraction of sp³-hybridized carbons (Fsp3) is 0.643. The number of halogens is 1. The Morgan fingerprint density at radius 1 is 1.29 bits per heavy atom. The molecule has 0 spiro atoms. The molecule has 0 atom stereocenters. The van der Waals surface area contributed by atoms with Gasteiger partial charge in [0.2, 0.25) is 5.28 Å². The van der Waals surface area contributed by atoms with Gasteiger partial charge in [0.25, 0.3) is 0 Å². The second-order valence-corrected chi connectivity index (χ2v) is 7.41. The normalized spacial score (nSPS) is 12.1. The predicted octanol–water partition coefficient (Wildman–Crippen LogP) is 3.68. The van der Waals surface area contributed by atoms with Crippen LogP contribution in [0.5, 0.6) is 0 Å². The molecule has 0 unspecified atom stereocenters. The fourth-order valence-corrected chi connectivity index (χ4v) is 2.07. The Labute approximate surface area is 130 Å². The monoisotopic (exact) mass is 314 g/mol. The van der Waals surface area contributed by atoms with Crippen LogP contribution >= 0.6 is 11.6 Å². The third-order valence-electron chi connectivity index (χ3n) is 2.56. The van der Waals surface area contributed by atoms with Crippen LogP contribution in [0.3, 0.4) is 0 Å². The van der Waals surface area contributed by atoms with Gasteiger partial charge in [0.15, 0.2) is 5.82 Å². The Balaban J connectivity index is 3.33. The molecule has 0 aromatic carbocycles. The zero-order valence-corrected chi connectivity index (χ0v) is 14.1. The van der Waals surface area contributed by atoms with Gasteiger partial charge in [-0.3, -0.25) is 5.01 Å². The lowest BCUT2D eigenvalue weighted by Gasteiger charge is -2.44. The lowest BCUT2D eigenvalue weighted by molar-refractivity contribution is 0.0845. The molecular weight excluding hydrogens is 292 g/mol. The summed E-state index contributed by atoms with van der Waals surface area (Å²) in [5.41, 5.74) is -0.745. The largest absolute Gasteiger partial charge is 0.464 e. The molecule has 21 heavy (non-hydrogen) atoms. The summed E-state index contributed by atoms with van der Waals surface area (Å²) in [5, 5.41) is 12.6. The third kappa shape index (κ3) is 5.04. The van der Waals surface area contributed by atoms with E-state index in [1.165, 1.54) is 11.2 Å². The molecule has 118 valence electrons. The number of nitrogens with zero attached hydrogens (tertiary/aromatic N) is 4. The van der Waals surface area contributed by atoms with Crippen molar-refractivity contribution < 1.29 is 9.90 Å². The Bertz CT molecular complexity index is 508. The van der Waals surface area contributed by atoms with Gasteiger partial charge in [0.1, 0.15) is 0 Å². The minimum Gasteiger partial charge on any atom is -0.464 e. The van der Waals surface area contributed by atoms with Crippen LogP contribution in [0.25, 0.3) is 0 Å². The van der Waals surface area contributed by atoms with Crippen molar-refractivity contribution in [3.05, 3.63) is 17.5 Å². The van der Waals surface area contributed by atoms with Gasteiger partial charge < -0.3 is 5.11 Å². The SMILES string of the molecule is CC(C)(C)CN(c1ccnc(Cl)n1)N(C(=O)O)C(C)(C)C. The molecule has 1 aromatic heterocycles. The van der Waals surface area contributed by atoms with Gasteiger partial charge in [-0.2, -0.15) is 4.98 Å². The molecule has 1 rings (SSSR count). The highest BCUT2D eigenvalue weighted by Crippen LogP contribution is 2.27. The molecule has 0 aliphatic carbocycles. The average Bonchev–Trinajstić information content (AvgIpc) is 2.23. The predicted molar refractivity (Wildman–Crippen MR) is 83.5 cm³/mol. The summed E-state index contributed by atoms with van der Waals surface area (Å²) in [6.45, 7) is 12.1. The van der Waals surface area contributed by atoms with Crippen molar-refractivity contribution in [2.45, 2.75) is 47.1 Å². The average molecular weight is 315 g/mol. The molecule has 0 saturated carbocycles. The Kier molecular flexibility index (Phi) is 5.04. The number of carboxylic acid groups (broad SMARTS) is 1. The molecule has 0 bridgehead atoms. The number of hydrazine groups is 1. The van der Waals surface area contributed by atoms with Crippen molar-refractivity contribution in [2.24, 2.45) is 5.41 Å². The van der Waals surface area contributed by atoms with Gasteiger partial charge in [-0.05, 0) is 37.8 Å². The minimum atomic E-state index is -1.04. The van der Waals surface area contributed by atoms with E-state index in [0.717, 1.165) is 0 Å². The standard InChI is InChI=1S/C14H23ClN4O2/c1-13(2,3)9-18(10-7-8-16-11(15)17-10)19(12(20)21)14(4,5)6/h7-8H,9H2,1-6H3,(H,20,21). The maximum Gasteiger partial charge on any atom is 0.426 e. The molecule has 1 amide bonds. The van der Waals surface area contributed by atoms with Crippen LogP contribution in [0, 0.1) is 5.41 Å². The molecule has 0 aliphatic heterocycles. The smallest absolute Gasteiger partial charge is 0.426 e. The summed E-state index contributed by atoms with van der Waals surface area (Å²) < 4.78 is 0. The van der Waals surface area contributed by atoms with Crippen molar-refractivity contribution in [1.29, 1.82) is 0 Å². The summed E-state index contributed by atoms with van der Waals surface area (Å²) in [4.78, 5) is 19.7. The molecule has 0 fully saturated rings. The first kappa shape index (κ1) is 17.5. The van der Waals surface area contributed by atoms with Crippen molar-refractivity contribution in [3.63, 3.8) is 0 Å². The van der Waals surface area contributed by atoms with E-state index in [9.17, 15) is 9.90 Å². The molecule has 0 radical (unpaired) electrons. The van der Waals surface area contributed by atoms with E-state index in [1.54, 1.807) is 11.1 Å². The number of anilines is 1. The first-order valence-electron chi connectivity index (χ1n) is 6.71. The van der Waals surface area contributed by atoms with Crippen LogP contribution < -0.4 is 5.01 Å². The van der Waals surface area contributed by atoms with Crippen LogP contribution in [0.4, 0.5) is 10.6 Å². The molecule has 7 heteroatoms. The molecular formula is C14H23ClN4O2. The lowest BCUT2D eigenvalue weighted by Crippen LogP contribution is -2.58. The third-order valence-corrected chi connectivity index (χ3v) is 2.74. The maximum absolute atomic E-state index is 11.7. The van der Waals surface area contributed by atoms with E-state index in [1.807, 2.05) is 41.5 Å². The summed E-state index contributed by atoms with van der Waals surface area (Å²) >= 11 is 5.84. The second-order valence-electron chi connectivity index (χ2n) is 7.07. The van der Waals surface area contributed by atoms with E-state index in [2.05, 4.69) is 9.97 Å². The quantitative estimate of drug-likeness (QED) is 0.681. The topological polar surface area (TPSA) is 69.6 Å². The summed E-state index contributed by atoms with van der Waals surface area (Å²) in [6, 6.07) is 1.65. The van der Waals surface area contributed by atoms with Crippen molar-refractivity contribution in [1.82, 2.24) is 15.0 Å². The first-order valence-corrected chi connectivity index (χ1v) is 7.09. The number of rotatable bonds is 3. The van der Waals surface area contributed by atoms with Crippen LogP contribution in [-0.2, 0) is 0 Å². The Morgan fingerprint density at radius 2 is 1.86 bits per heavy atom. The van der Waals surface area contributed by atoms with Gasteiger partial charge in [-0.1, -0.05) is 20.8 Å². The summed E-state index contributed by atoms with van der Waals surface area (Å²) in [7, 11) is 0. The van der Waals surface area contributed by atoms with E-state index in [-0.39, 0.29) is 10.7 Å².